The second-order valence-corrected chi connectivity index (χ2v) is 5.43. The van der Waals surface area contributed by atoms with Crippen LogP contribution in [0.15, 0.2) is 78.9 Å². The fourth-order valence-electron chi connectivity index (χ4n) is 2.16. The van der Waals surface area contributed by atoms with Gasteiger partial charge in [0.2, 0.25) is 0 Å². The number of aliphatic hydroxyl groups is 1. The van der Waals surface area contributed by atoms with Gasteiger partial charge in [0.15, 0.2) is 0 Å². The predicted octanol–water partition coefficient (Wildman–Crippen LogP) is 3.93. The van der Waals surface area contributed by atoms with Crippen LogP contribution in [0.5, 0.6) is 5.75 Å². The molecule has 0 spiro atoms. The number of allylic oxidation sites excluding steroid dienone is 3. The lowest BCUT2D eigenvalue weighted by atomic mass is 10.1. The highest BCUT2D eigenvalue weighted by Gasteiger charge is 2.00. The van der Waals surface area contributed by atoms with Crippen molar-refractivity contribution in [1.82, 2.24) is 0 Å². The third-order valence-electron chi connectivity index (χ3n) is 3.49. The highest BCUT2D eigenvalue weighted by Crippen LogP contribution is 2.12. The van der Waals surface area contributed by atoms with Crippen LogP contribution >= 0.6 is 0 Å². The van der Waals surface area contributed by atoms with E-state index >= 15 is 0 Å². The third kappa shape index (κ3) is 6.82. The van der Waals surface area contributed by atoms with Gasteiger partial charge in [-0.2, -0.15) is 0 Å². The largest absolute Gasteiger partial charge is 0.497 e. The molecule has 0 unspecified atom stereocenters. The van der Waals surface area contributed by atoms with E-state index < -0.39 is 6.10 Å². The summed E-state index contributed by atoms with van der Waals surface area (Å²) in [4.78, 5) is 0. The van der Waals surface area contributed by atoms with E-state index in [4.69, 9.17) is 9.47 Å². The van der Waals surface area contributed by atoms with Crippen LogP contribution in [0.2, 0.25) is 0 Å². The number of hydrogen-bond donors (Lipinski definition) is 1. The molecule has 2 aromatic rings. The summed E-state index contributed by atoms with van der Waals surface area (Å²) >= 11 is 0. The first-order chi connectivity index (χ1) is 11.8. The van der Waals surface area contributed by atoms with Crippen molar-refractivity contribution in [2.45, 2.75) is 19.1 Å². The van der Waals surface area contributed by atoms with Crippen LogP contribution < -0.4 is 4.74 Å². The molecule has 0 aliphatic rings. The Bertz CT molecular complexity index is 630. The molecule has 3 heteroatoms. The summed E-state index contributed by atoms with van der Waals surface area (Å²) in [5, 5.41) is 9.86. The van der Waals surface area contributed by atoms with Gasteiger partial charge in [0.05, 0.1) is 26.4 Å². The second-order valence-electron chi connectivity index (χ2n) is 5.43. The lowest BCUT2D eigenvalue weighted by molar-refractivity contribution is 0.0503. The van der Waals surface area contributed by atoms with E-state index in [0.717, 1.165) is 17.7 Å². The van der Waals surface area contributed by atoms with Crippen LogP contribution in [0.3, 0.4) is 0 Å². The van der Waals surface area contributed by atoms with E-state index in [0.29, 0.717) is 6.61 Å². The van der Waals surface area contributed by atoms with E-state index in [1.165, 1.54) is 5.56 Å². The standard InChI is InChI=1S/C21H24O3/c1-23-21-14-12-19(13-15-21)16-24-17-20(22)11-7-3-6-10-18-8-4-2-5-9-18/h2-9,11-15,20,22H,10,16-17H2,1H3/b6-3+,11-7+/t20-/m1/s1. The van der Waals surface area contributed by atoms with Crippen molar-refractivity contribution in [2.24, 2.45) is 0 Å². The molecular formula is C21H24O3. The molecule has 1 N–H and O–H groups in total. The van der Waals surface area contributed by atoms with Crippen molar-refractivity contribution >= 4 is 0 Å². The number of methoxy groups -OCH3 is 1. The smallest absolute Gasteiger partial charge is 0.118 e. The highest BCUT2D eigenvalue weighted by molar-refractivity contribution is 5.26. The number of aliphatic hydroxyl groups excluding tert-OH is 1. The minimum absolute atomic E-state index is 0.273. The van der Waals surface area contributed by atoms with Gasteiger partial charge in [-0.05, 0) is 29.7 Å². The number of hydrogen-bond acceptors (Lipinski definition) is 3. The van der Waals surface area contributed by atoms with Crippen LogP contribution in [0.25, 0.3) is 0 Å². The summed E-state index contributed by atoms with van der Waals surface area (Å²) in [6, 6.07) is 18.0. The summed E-state index contributed by atoms with van der Waals surface area (Å²) < 4.78 is 10.6. The zero-order chi connectivity index (χ0) is 17.0. The highest BCUT2D eigenvalue weighted by atomic mass is 16.5. The molecule has 0 aliphatic heterocycles. The number of benzene rings is 2. The molecule has 2 aromatic carbocycles. The molecule has 0 aromatic heterocycles. The summed E-state index contributed by atoms with van der Waals surface area (Å²) in [6.45, 7) is 0.744. The van der Waals surface area contributed by atoms with E-state index in [1.54, 1.807) is 13.2 Å². The maximum absolute atomic E-state index is 9.86. The average Bonchev–Trinajstić information content (AvgIpc) is 2.63. The van der Waals surface area contributed by atoms with Gasteiger partial charge < -0.3 is 14.6 Å². The quantitative estimate of drug-likeness (QED) is 0.710. The zero-order valence-electron chi connectivity index (χ0n) is 14.0. The van der Waals surface area contributed by atoms with Gasteiger partial charge in [-0.15, -0.1) is 0 Å². The average molecular weight is 324 g/mol. The molecule has 0 saturated heterocycles. The molecule has 24 heavy (non-hydrogen) atoms. The van der Waals surface area contributed by atoms with Crippen LogP contribution in [-0.2, 0) is 17.8 Å². The third-order valence-corrected chi connectivity index (χ3v) is 3.49. The Morgan fingerprint density at radius 2 is 1.71 bits per heavy atom. The van der Waals surface area contributed by atoms with Gasteiger partial charge >= 0.3 is 0 Å². The van der Waals surface area contributed by atoms with E-state index in [2.05, 4.69) is 18.2 Å². The normalized spacial score (nSPS) is 12.8. The molecule has 0 heterocycles. The topological polar surface area (TPSA) is 38.7 Å². The van der Waals surface area contributed by atoms with Gasteiger partial charge in [0.1, 0.15) is 5.75 Å². The Balaban J connectivity index is 1.64. The Labute approximate surface area is 143 Å². The van der Waals surface area contributed by atoms with Crippen LogP contribution in [0, 0.1) is 0 Å². The molecular weight excluding hydrogens is 300 g/mol. The Hall–Kier alpha value is -2.36. The SMILES string of the molecule is COc1ccc(COC[C@H](O)/C=C/C=C/Cc2ccccc2)cc1. The van der Waals surface area contributed by atoms with E-state index in [9.17, 15) is 5.11 Å². The molecule has 126 valence electrons. The van der Waals surface area contributed by atoms with Gasteiger partial charge in [-0.3, -0.25) is 0 Å². The molecule has 0 radical (unpaired) electrons. The Morgan fingerprint density at radius 3 is 2.42 bits per heavy atom. The molecule has 1 atom stereocenters. The molecule has 3 nitrogen and oxygen atoms in total. The molecule has 0 bridgehead atoms. The van der Waals surface area contributed by atoms with Gasteiger partial charge in [-0.1, -0.05) is 66.8 Å². The molecule has 0 fully saturated rings. The van der Waals surface area contributed by atoms with Crippen molar-refractivity contribution in [1.29, 1.82) is 0 Å². The fourth-order valence-corrected chi connectivity index (χ4v) is 2.16. The van der Waals surface area contributed by atoms with Gasteiger partial charge in [0, 0.05) is 0 Å². The van der Waals surface area contributed by atoms with Crippen molar-refractivity contribution < 1.29 is 14.6 Å². The fraction of sp³-hybridized carbons (Fsp3) is 0.238. The molecule has 0 amide bonds. The van der Waals surface area contributed by atoms with E-state index in [-0.39, 0.29) is 6.61 Å². The van der Waals surface area contributed by atoms with Crippen molar-refractivity contribution in [3.63, 3.8) is 0 Å². The minimum atomic E-state index is -0.607. The van der Waals surface area contributed by atoms with Crippen molar-refractivity contribution in [2.75, 3.05) is 13.7 Å². The zero-order valence-corrected chi connectivity index (χ0v) is 14.0. The lowest BCUT2D eigenvalue weighted by Crippen LogP contribution is -2.11. The summed E-state index contributed by atoms with van der Waals surface area (Å²) in [5.74, 6) is 0.823. The monoisotopic (exact) mass is 324 g/mol. The van der Waals surface area contributed by atoms with Crippen LogP contribution in [-0.4, -0.2) is 24.9 Å². The van der Waals surface area contributed by atoms with Crippen LogP contribution in [0.4, 0.5) is 0 Å². The maximum atomic E-state index is 9.86. The molecule has 2 rings (SSSR count). The van der Waals surface area contributed by atoms with Gasteiger partial charge in [-0.25, -0.2) is 0 Å². The summed E-state index contributed by atoms with van der Waals surface area (Å²) in [6.07, 6.45) is 7.87. The molecule has 0 saturated carbocycles. The predicted molar refractivity (Wildman–Crippen MR) is 97.1 cm³/mol. The summed E-state index contributed by atoms with van der Waals surface area (Å²) in [5.41, 5.74) is 2.32. The van der Waals surface area contributed by atoms with E-state index in [1.807, 2.05) is 54.6 Å². The Kier molecular flexibility index (Phi) is 7.81. The number of ether oxygens (including phenoxy) is 2. The maximum Gasteiger partial charge on any atom is 0.118 e. The summed E-state index contributed by atoms with van der Waals surface area (Å²) in [7, 11) is 1.64. The van der Waals surface area contributed by atoms with Crippen LogP contribution in [0.1, 0.15) is 11.1 Å². The van der Waals surface area contributed by atoms with Gasteiger partial charge in [0.25, 0.3) is 0 Å². The number of rotatable bonds is 9. The molecule has 0 aliphatic carbocycles. The Morgan fingerprint density at radius 1 is 0.958 bits per heavy atom. The first kappa shape index (κ1) is 18.0. The first-order valence-electron chi connectivity index (χ1n) is 8.04. The van der Waals surface area contributed by atoms with Crippen molar-refractivity contribution in [3.05, 3.63) is 90.0 Å². The minimum Gasteiger partial charge on any atom is -0.497 e. The second kappa shape index (κ2) is 10.4. The lowest BCUT2D eigenvalue weighted by Gasteiger charge is -2.07. The van der Waals surface area contributed by atoms with Crippen molar-refractivity contribution in [3.8, 4) is 5.75 Å². The first-order valence-corrected chi connectivity index (χ1v) is 8.04.